The molecule has 0 saturated carbocycles. The van der Waals surface area contributed by atoms with Crippen molar-refractivity contribution in [2.75, 3.05) is 13.1 Å². The minimum atomic E-state index is 0.712. The van der Waals surface area contributed by atoms with Crippen molar-refractivity contribution in [1.82, 2.24) is 20.3 Å². The van der Waals surface area contributed by atoms with E-state index in [4.69, 9.17) is 0 Å². The van der Waals surface area contributed by atoms with Crippen LogP contribution in [0.1, 0.15) is 12.2 Å². The highest BCUT2D eigenvalue weighted by atomic mass is 79.9. The van der Waals surface area contributed by atoms with Gasteiger partial charge in [-0.3, -0.25) is 0 Å². The fraction of sp³-hybridized carbons (Fsp3) is 0.455. The van der Waals surface area contributed by atoms with Gasteiger partial charge in [0.05, 0.1) is 5.52 Å². The maximum Gasteiger partial charge on any atom is 0.177 e. The molecule has 0 aliphatic carbocycles. The molecule has 0 spiro atoms. The van der Waals surface area contributed by atoms with E-state index in [-0.39, 0.29) is 0 Å². The third kappa shape index (κ3) is 1.97. The monoisotopic (exact) mass is 280 g/mol. The van der Waals surface area contributed by atoms with Gasteiger partial charge in [-0.25, -0.2) is 9.97 Å². The molecule has 2 aromatic heterocycles. The van der Waals surface area contributed by atoms with E-state index in [1.165, 1.54) is 6.42 Å². The first-order chi connectivity index (χ1) is 7.81. The number of nitrogens with one attached hydrogen (secondary N) is 2. The van der Waals surface area contributed by atoms with Crippen LogP contribution in [0.4, 0.5) is 0 Å². The lowest BCUT2D eigenvalue weighted by molar-refractivity contribution is 0.565. The number of fused-ring (bicyclic) bond motifs is 1. The minimum absolute atomic E-state index is 0.712. The van der Waals surface area contributed by atoms with Crippen LogP contribution in [-0.2, 0) is 6.42 Å². The Balaban J connectivity index is 1.86. The van der Waals surface area contributed by atoms with E-state index in [2.05, 4.69) is 36.2 Å². The van der Waals surface area contributed by atoms with Crippen LogP contribution in [0.5, 0.6) is 0 Å². The molecule has 3 heterocycles. The molecular weight excluding hydrogens is 268 g/mol. The van der Waals surface area contributed by atoms with Crippen LogP contribution < -0.4 is 5.32 Å². The van der Waals surface area contributed by atoms with E-state index >= 15 is 0 Å². The molecular formula is C11H13BrN4. The van der Waals surface area contributed by atoms with Crippen LogP contribution in [0.25, 0.3) is 11.2 Å². The second kappa shape index (κ2) is 4.14. The number of halogens is 1. The predicted octanol–water partition coefficient (Wildman–Crippen LogP) is 1.87. The average molecular weight is 281 g/mol. The molecule has 1 saturated heterocycles. The topological polar surface area (TPSA) is 53.6 Å². The third-order valence-corrected chi connectivity index (χ3v) is 3.43. The van der Waals surface area contributed by atoms with Gasteiger partial charge in [0.25, 0.3) is 0 Å². The van der Waals surface area contributed by atoms with E-state index in [0.29, 0.717) is 5.92 Å². The van der Waals surface area contributed by atoms with Crippen molar-refractivity contribution >= 4 is 27.1 Å². The van der Waals surface area contributed by atoms with Crippen molar-refractivity contribution in [1.29, 1.82) is 0 Å². The summed E-state index contributed by atoms with van der Waals surface area (Å²) in [6.07, 6.45) is 4.04. The Hall–Kier alpha value is -0.940. The number of imidazole rings is 1. The second-order valence-electron chi connectivity index (χ2n) is 4.27. The maximum absolute atomic E-state index is 4.50. The zero-order valence-corrected chi connectivity index (χ0v) is 10.4. The summed E-state index contributed by atoms with van der Waals surface area (Å²) in [7, 11) is 0. The molecule has 1 fully saturated rings. The van der Waals surface area contributed by atoms with Gasteiger partial charge in [0.1, 0.15) is 5.82 Å². The van der Waals surface area contributed by atoms with Gasteiger partial charge in [-0.2, -0.15) is 0 Å². The Morgan fingerprint density at radius 1 is 1.50 bits per heavy atom. The highest BCUT2D eigenvalue weighted by Crippen LogP contribution is 2.18. The van der Waals surface area contributed by atoms with Crippen molar-refractivity contribution in [3.05, 3.63) is 22.6 Å². The molecule has 1 unspecified atom stereocenters. The van der Waals surface area contributed by atoms with Crippen LogP contribution in [-0.4, -0.2) is 28.0 Å². The van der Waals surface area contributed by atoms with Gasteiger partial charge in [-0.15, -0.1) is 0 Å². The molecule has 0 bridgehead atoms. The lowest BCUT2D eigenvalue weighted by Crippen LogP contribution is -2.11. The number of aromatic nitrogens is 3. The number of rotatable bonds is 2. The molecule has 1 aliphatic heterocycles. The van der Waals surface area contributed by atoms with Gasteiger partial charge in [-0.1, -0.05) is 0 Å². The van der Waals surface area contributed by atoms with Crippen LogP contribution in [0.15, 0.2) is 16.7 Å². The predicted molar refractivity (Wildman–Crippen MR) is 66.3 cm³/mol. The van der Waals surface area contributed by atoms with Crippen LogP contribution >= 0.6 is 15.9 Å². The van der Waals surface area contributed by atoms with Crippen molar-refractivity contribution in [3.63, 3.8) is 0 Å². The van der Waals surface area contributed by atoms with E-state index in [1.54, 1.807) is 6.20 Å². The summed E-state index contributed by atoms with van der Waals surface area (Å²) in [5, 5.41) is 3.37. The number of H-pyrrole nitrogens is 1. The molecule has 84 valence electrons. The first kappa shape index (κ1) is 10.2. The number of nitrogens with zero attached hydrogens (tertiary/aromatic N) is 2. The highest BCUT2D eigenvalue weighted by molar-refractivity contribution is 9.10. The summed E-state index contributed by atoms with van der Waals surface area (Å²) in [6, 6.07) is 2.02. The average Bonchev–Trinajstić information content (AvgIpc) is 2.86. The van der Waals surface area contributed by atoms with Gasteiger partial charge in [0.15, 0.2) is 5.65 Å². The third-order valence-electron chi connectivity index (χ3n) is 3.00. The molecule has 5 heteroatoms. The highest BCUT2D eigenvalue weighted by Gasteiger charge is 2.16. The summed E-state index contributed by atoms with van der Waals surface area (Å²) in [5.74, 6) is 1.76. The Morgan fingerprint density at radius 2 is 2.44 bits per heavy atom. The summed E-state index contributed by atoms with van der Waals surface area (Å²) in [5.41, 5.74) is 1.82. The lowest BCUT2D eigenvalue weighted by atomic mass is 10.1. The quantitative estimate of drug-likeness (QED) is 0.883. The first-order valence-corrected chi connectivity index (χ1v) is 6.31. The Labute approximate surface area is 102 Å². The van der Waals surface area contributed by atoms with E-state index in [1.807, 2.05) is 6.07 Å². The smallest absolute Gasteiger partial charge is 0.177 e. The fourth-order valence-corrected chi connectivity index (χ4v) is 2.51. The van der Waals surface area contributed by atoms with Gasteiger partial charge in [0, 0.05) is 17.1 Å². The normalized spacial score (nSPS) is 20.7. The lowest BCUT2D eigenvalue weighted by Gasteiger charge is -2.03. The number of hydrogen-bond donors (Lipinski definition) is 2. The molecule has 2 N–H and O–H groups in total. The molecule has 2 aromatic rings. The zero-order valence-electron chi connectivity index (χ0n) is 8.83. The van der Waals surface area contributed by atoms with E-state index in [0.717, 1.165) is 41.0 Å². The molecule has 4 nitrogen and oxygen atoms in total. The summed E-state index contributed by atoms with van der Waals surface area (Å²) in [6.45, 7) is 2.24. The molecule has 1 atom stereocenters. The van der Waals surface area contributed by atoms with Gasteiger partial charge >= 0.3 is 0 Å². The fourth-order valence-electron chi connectivity index (χ4n) is 2.18. The van der Waals surface area contributed by atoms with Crippen molar-refractivity contribution in [2.45, 2.75) is 12.8 Å². The van der Waals surface area contributed by atoms with Gasteiger partial charge < -0.3 is 10.3 Å². The first-order valence-electron chi connectivity index (χ1n) is 5.52. The number of hydrogen-bond acceptors (Lipinski definition) is 3. The Kier molecular flexibility index (Phi) is 2.65. The van der Waals surface area contributed by atoms with E-state index in [9.17, 15) is 0 Å². The molecule has 16 heavy (non-hydrogen) atoms. The van der Waals surface area contributed by atoms with Crippen molar-refractivity contribution < 1.29 is 0 Å². The zero-order chi connectivity index (χ0) is 11.0. The summed E-state index contributed by atoms with van der Waals surface area (Å²) in [4.78, 5) is 12.1. The number of pyridine rings is 1. The minimum Gasteiger partial charge on any atom is -0.341 e. The second-order valence-corrected chi connectivity index (χ2v) is 5.19. The summed E-state index contributed by atoms with van der Waals surface area (Å²) >= 11 is 3.41. The van der Waals surface area contributed by atoms with Crippen LogP contribution in [0.2, 0.25) is 0 Å². The number of aromatic amines is 1. The van der Waals surface area contributed by atoms with Gasteiger partial charge in [0.2, 0.25) is 0 Å². The molecule has 0 radical (unpaired) electrons. The standard InChI is InChI=1S/C11H13BrN4/c12-8-4-9-11(14-6-8)16-10(15-9)3-7-1-2-13-5-7/h4,6-7,13H,1-3,5H2,(H,14,15,16). The van der Waals surface area contributed by atoms with Crippen LogP contribution in [0.3, 0.4) is 0 Å². The molecule has 0 aromatic carbocycles. The van der Waals surface area contributed by atoms with Crippen molar-refractivity contribution in [3.8, 4) is 0 Å². The maximum atomic E-state index is 4.50. The van der Waals surface area contributed by atoms with Crippen LogP contribution in [0, 0.1) is 5.92 Å². The molecule has 0 amide bonds. The molecule has 3 rings (SSSR count). The summed E-state index contributed by atoms with van der Waals surface area (Å²) < 4.78 is 0.984. The Morgan fingerprint density at radius 3 is 3.25 bits per heavy atom. The SMILES string of the molecule is Brc1cnc2nc(CC3CCNC3)[nH]c2c1. The molecule has 1 aliphatic rings. The van der Waals surface area contributed by atoms with E-state index < -0.39 is 0 Å². The Bertz CT molecular complexity index is 502. The van der Waals surface area contributed by atoms with Crippen molar-refractivity contribution in [2.24, 2.45) is 5.92 Å². The van der Waals surface area contributed by atoms with Gasteiger partial charge in [-0.05, 0) is 47.4 Å². The largest absolute Gasteiger partial charge is 0.341 e.